The van der Waals surface area contributed by atoms with Gasteiger partial charge in [-0.05, 0) is 6.92 Å². The van der Waals surface area contributed by atoms with E-state index in [4.69, 9.17) is 0 Å². The molecule has 0 aliphatic heterocycles. The SMILES string of the molecule is COC(=O)CNc1nn(C(F)F)cc1C. The Morgan fingerprint density at radius 1 is 1.73 bits per heavy atom. The average Bonchev–Trinajstić information content (AvgIpc) is 2.56. The molecule has 15 heavy (non-hydrogen) atoms. The molecule has 1 N–H and O–H groups in total. The maximum Gasteiger partial charge on any atom is 0.333 e. The largest absolute Gasteiger partial charge is 0.468 e. The number of methoxy groups -OCH3 is 1. The Balaban J connectivity index is 2.65. The topological polar surface area (TPSA) is 56.1 Å². The number of hydrogen-bond donors (Lipinski definition) is 1. The van der Waals surface area contributed by atoms with Crippen molar-refractivity contribution in [2.24, 2.45) is 0 Å². The van der Waals surface area contributed by atoms with Crippen molar-refractivity contribution < 1.29 is 18.3 Å². The minimum Gasteiger partial charge on any atom is -0.468 e. The van der Waals surface area contributed by atoms with Gasteiger partial charge in [-0.25, -0.2) is 4.68 Å². The van der Waals surface area contributed by atoms with E-state index in [1.165, 1.54) is 13.3 Å². The molecule has 1 aromatic rings. The minimum absolute atomic E-state index is 0.0996. The highest BCUT2D eigenvalue weighted by molar-refractivity contribution is 5.74. The van der Waals surface area contributed by atoms with Crippen molar-refractivity contribution in [2.45, 2.75) is 13.5 Å². The number of nitrogens with zero attached hydrogens (tertiary/aromatic N) is 2. The van der Waals surface area contributed by atoms with E-state index < -0.39 is 12.5 Å². The summed E-state index contributed by atoms with van der Waals surface area (Å²) in [6, 6.07) is 0. The van der Waals surface area contributed by atoms with Gasteiger partial charge in [0.1, 0.15) is 6.54 Å². The van der Waals surface area contributed by atoms with Gasteiger partial charge in [0.2, 0.25) is 0 Å². The Morgan fingerprint density at radius 2 is 2.40 bits per heavy atom. The molecule has 0 atom stereocenters. The first-order valence-electron chi connectivity index (χ1n) is 4.19. The molecule has 0 bridgehead atoms. The molecule has 0 radical (unpaired) electrons. The van der Waals surface area contributed by atoms with E-state index in [1.807, 2.05) is 0 Å². The summed E-state index contributed by atoms with van der Waals surface area (Å²) in [5.41, 5.74) is 0.541. The maximum atomic E-state index is 12.2. The number of aromatic nitrogens is 2. The van der Waals surface area contributed by atoms with Gasteiger partial charge in [0, 0.05) is 11.8 Å². The molecule has 84 valence electrons. The lowest BCUT2D eigenvalue weighted by atomic mass is 10.4. The molecular formula is C8H11F2N3O2. The van der Waals surface area contributed by atoms with E-state index in [-0.39, 0.29) is 12.4 Å². The Hall–Kier alpha value is -1.66. The van der Waals surface area contributed by atoms with Crippen LogP contribution in [-0.4, -0.2) is 29.4 Å². The molecule has 0 saturated heterocycles. The molecule has 1 aromatic heterocycles. The molecule has 0 spiro atoms. The van der Waals surface area contributed by atoms with Crippen molar-refractivity contribution in [3.8, 4) is 0 Å². The van der Waals surface area contributed by atoms with E-state index in [2.05, 4.69) is 15.2 Å². The summed E-state index contributed by atoms with van der Waals surface area (Å²) >= 11 is 0. The summed E-state index contributed by atoms with van der Waals surface area (Å²) in [6.07, 6.45) is 1.20. The van der Waals surface area contributed by atoms with Crippen molar-refractivity contribution in [1.82, 2.24) is 9.78 Å². The van der Waals surface area contributed by atoms with Gasteiger partial charge in [0.25, 0.3) is 0 Å². The first kappa shape index (κ1) is 11.4. The van der Waals surface area contributed by atoms with Crippen molar-refractivity contribution in [3.05, 3.63) is 11.8 Å². The molecule has 0 aromatic carbocycles. The van der Waals surface area contributed by atoms with Crippen molar-refractivity contribution in [1.29, 1.82) is 0 Å². The molecule has 0 fully saturated rings. The summed E-state index contributed by atoms with van der Waals surface area (Å²) in [5, 5.41) is 6.16. The number of hydrogen-bond acceptors (Lipinski definition) is 4. The summed E-state index contributed by atoms with van der Waals surface area (Å²) in [6.45, 7) is -1.17. The van der Waals surface area contributed by atoms with Crippen LogP contribution in [0.25, 0.3) is 0 Å². The van der Waals surface area contributed by atoms with Gasteiger partial charge in [-0.3, -0.25) is 4.79 Å². The van der Waals surface area contributed by atoms with Crippen molar-refractivity contribution >= 4 is 11.8 Å². The molecule has 0 aliphatic rings. The van der Waals surface area contributed by atoms with Crippen LogP contribution in [0.15, 0.2) is 6.20 Å². The number of nitrogens with one attached hydrogen (secondary N) is 1. The van der Waals surface area contributed by atoms with E-state index in [9.17, 15) is 13.6 Å². The standard InChI is InChI=1S/C8H11F2N3O2/c1-5-4-13(8(9)10)12-7(5)11-3-6(14)15-2/h4,8H,3H2,1-2H3,(H,11,12). The average molecular weight is 219 g/mol. The van der Waals surface area contributed by atoms with Crippen LogP contribution in [0, 0.1) is 6.92 Å². The first-order valence-corrected chi connectivity index (χ1v) is 4.19. The maximum absolute atomic E-state index is 12.2. The number of carbonyl (C=O) groups excluding carboxylic acids is 1. The van der Waals surface area contributed by atoms with Gasteiger partial charge in [-0.2, -0.15) is 13.9 Å². The summed E-state index contributed by atoms with van der Waals surface area (Å²) in [5.74, 6) is -0.235. The van der Waals surface area contributed by atoms with Gasteiger partial charge >= 0.3 is 12.5 Å². The molecule has 1 heterocycles. The fourth-order valence-electron chi connectivity index (χ4n) is 0.986. The van der Waals surface area contributed by atoms with Gasteiger partial charge in [-0.1, -0.05) is 0 Å². The van der Waals surface area contributed by atoms with Crippen LogP contribution >= 0.6 is 0 Å². The predicted octanol–water partition coefficient (Wildman–Crippen LogP) is 1.17. The fourth-order valence-corrected chi connectivity index (χ4v) is 0.986. The number of anilines is 1. The van der Waals surface area contributed by atoms with Crippen LogP contribution in [0.2, 0.25) is 0 Å². The highest BCUT2D eigenvalue weighted by atomic mass is 19.3. The number of ether oxygens (including phenoxy) is 1. The Labute approximate surface area is 85.0 Å². The monoisotopic (exact) mass is 219 g/mol. The van der Waals surface area contributed by atoms with Gasteiger partial charge in [-0.15, -0.1) is 0 Å². The summed E-state index contributed by atoms with van der Waals surface area (Å²) in [7, 11) is 1.24. The van der Waals surface area contributed by atoms with Gasteiger partial charge in [0.15, 0.2) is 5.82 Å². The fraction of sp³-hybridized carbons (Fsp3) is 0.500. The third-order valence-electron chi connectivity index (χ3n) is 1.74. The Morgan fingerprint density at radius 3 is 2.87 bits per heavy atom. The normalized spacial score (nSPS) is 10.5. The molecule has 0 aliphatic carbocycles. The van der Waals surface area contributed by atoms with Crippen LogP contribution < -0.4 is 5.32 Å². The third kappa shape index (κ3) is 2.90. The second-order valence-corrected chi connectivity index (χ2v) is 2.85. The van der Waals surface area contributed by atoms with Gasteiger partial charge in [0.05, 0.1) is 7.11 Å². The number of carbonyl (C=O) groups is 1. The van der Waals surface area contributed by atoms with E-state index in [1.54, 1.807) is 6.92 Å². The van der Waals surface area contributed by atoms with Crippen LogP contribution in [-0.2, 0) is 9.53 Å². The molecule has 7 heteroatoms. The van der Waals surface area contributed by atoms with Crippen LogP contribution in [0.1, 0.15) is 12.1 Å². The lowest BCUT2D eigenvalue weighted by Crippen LogP contribution is -2.15. The van der Waals surface area contributed by atoms with E-state index in [0.717, 1.165) is 0 Å². The lowest BCUT2D eigenvalue weighted by molar-refractivity contribution is -0.138. The van der Waals surface area contributed by atoms with Crippen LogP contribution in [0.4, 0.5) is 14.6 Å². The summed E-state index contributed by atoms with van der Waals surface area (Å²) in [4.78, 5) is 10.8. The Bertz CT molecular complexity index is 352. The molecule has 1 rings (SSSR count). The zero-order chi connectivity index (χ0) is 11.4. The third-order valence-corrected chi connectivity index (χ3v) is 1.74. The summed E-state index contributed by atoms with van der Waals surface area (Å²) < 4.78 is 29.3. The van der Waals surface area contributed by atoms with Crippen LogP contribution in [0.3, 0.4) is 0 Å². The highest BCUT2D eigenvalue weighted by Crippen LogP contribution is 2.16. The molecular weight excluding hydrogens is 208 g/mol. The molecule has 0 saturated carbocycles. The quantitative estimate of drug-likeness (QED) is 0.772. The van der Waals surface area contributed by atoms with Gasteiger partial charge < -0.3 is 10.1 Å². The predicted molar refractivity (Wildman–Crippen MR) is 48.7 cm³/mol. The highest BCUT2D eigenvalue weighted by Gasteiger charge is 2.11. The van der Waals surface area contributed by atoms with Crippen molar-refractivity contribution in [3.63, 3.8) is 0 Å². The molecule has 5 nitrogen and oxygen atoms in total. The smallest absolute Gasteiger partial charge is 0.333 e. The second kappa shape index (κ2) is 4.72. The number of aryl methyl sites for hydroxylation is 1. The molecule has 0 unspecified atom stereocenters. The molecule has 0 amide bonds. The lowest BCUT2D eigenvalue weighted by Gasteiger charge is -2.01. The zero-order valence-electron chi connectivity index (χ0n) is 8.33. The number of alkyl halides is 2. The van der Waals surface area contributed by atoms with Crippen LogP contribution in [0.5, 0.6) is 0 Å². The Kier molecular flexibility index (Phi) is 3.59. The minimum atomic E-state index is -2.68. The first-order chi connectivity index (χ1) is 7.04. The second-order valence-electron chi connectivity index (χ2n) is 2.85. The van der Waals surface area contributed by atoms with Crippen molar-refractivity contribution in [2.75, 3.05) is 19.0 Å². The number of rotatable bonds is 4. The number of esters is 1. The van der Waals surface area contributed by atoms with E-state index >= 15 is 0 Å². The zero-order valence-corrected chi connectivity index (χ0v) is 8.33. The van der Waals surface area contributed by atoms with E-state index in [0.29, 0.717) is 10.2 Å². The number of halogens is 2.